The predicted octanol–water partition coefficient (Wildman–Crippen LogP) is 1.00. The fourth-order valence-corrected chi connectivity index (χ4v) is 2.07. The van der Waals surface area contributed by atoms with Gasteiger partial charge in [0.25, 0.3) is 0 Å². The summed E-state index contributed by atoms with van der Waals surface area (Å²) in [6, 6.07) is 7.70. The Bertz CT molecular complexity index is 404. The van der Waals surface area contributed by atoms with E-state index in [1.54, 1.807) is 6.92 Å². The summed E-state index contributed by atoms with van der Waals surface area (Å²) in [5.41, 5.74) is 1.36. The molecule has 92 valence electrons. The molecule has 1 amide bonds. The van der Waals surface area contributed by atoms with Gasteiger partial charge in [0.15, 0.2) is 0 Å². The van der Waals surface area contributed by atoms with Crippen molar-refractivity contribution in [3.63, 3.8) is 0 Å². The van der Waals surface area contributed by atoms with E-state index in [9.17, 15) is 9.90 Å². The van der Waals surface area contributed by atoms with Gasteiger partial charge in [-0.05, 0) is 26.0 Å². The van der Waals surface area contributed by atoms with Gasteiger partial charge in [0, 0.05) is 18.8 Å². The molecule has 0 radical (unpaired) electrons. The van der Waals surface area contributed by atoms with Crippen molar-refractivity contribution in [1.82, 2.24) is 4.90 Å². The fraction of sp³-hybridized carbons (Fsp3) is 0.462. The Kier molecular flexibility index (Phi) is 3.17. The first kappa shape index (κ1) is 12.1. The smallest absolute Gasteiger partial charge is 0.238 e. The third-order valence-corrected chi connectivity index (χ3v) is 2.83. The lowest BCUT2D eigenvalue weighted by molar-refractivity contribution is -0.125. The average Bonchev–Trinajstić information content (AvgIpc) is 2.18. The molecule has 1 aliphatic rings. The van der Waals surface area contributed by atoms with Gasteiger partial charge in [0.05, 0.1) is 12.1 Å². The Morgan fingerprint density at radius 1 is 1.41 bits per heavy atom. The second-order valence-electron chi connectivity index (χ2n) is 5.06. The van der Waals surface area contributed by atoms with E-state index < -0.39 is 5.60 Å². The molecule has 1 aromatic carbocycles. The number of aliphatic hydroxyl groups is 1. The highest BCUT2D eigenvalue weighted by atomic mass is 16.3. The number of nitrogens with zero attached hydrogens (tertiary/aromatic N) is 1. The molecule has 1 aromatic rings. The highest BCUT2D eigenvalue weighted by molar-refractivity contribution is 5.92. The standard InChI is InChI=1S/C13H18N2O2/c1-10-3-5-11(6-4-10)14-12(16)7-15-8-13(2,17)9-15/h3-6,17H,7-9H2,1-2H3,(H,14,16). The van der Waals surface area contributed by atoms with Crippen LogP contribution in [0.15, 0.2) is 24.3 Å². The van der Waals surface area contributed by atoms with Gasteiger partial charge in [-0.15, -0.1) is 0 Å². The van der Waals surface area contributed by atoms with Gasteiger partial charge in [-0.1, -0.05) is 17.7 Å². The largest absolute Gasteiger partial charge is 0.388 e. The maximum atomic E-state index is 11.7. The van der Waals surface area contributed by atoms with Crippen molar-refractivity contribution in [2.75, 3.05) is 25.0 Å². The van der Waals surface area contributed by atoms with Gasteiger partial charge in [-0.2, -0.15) is 0 Å². The molecular formula is C13H18N2O2. The second-order valence-corrected chi connectivity index (χ2v) is 5.06. The molecule has 1 heterocycles. The summed E-state index contributed by atoms with van der Waals surface area (Å²) in [5, 5.41) is 12.4. The number of rotatable bonds is 3. The van der Waals surface area contributed by atoms with Crippen LogP contribution in [-0.4, -0.2) is 41.1 Å². The molecule has 4 nitrogen and oxygen atoms in total. The summed E-state index contributed by atoms with van der Waals surface area (Å²) in [4.78, 5) is 13.6. The summed E-state index contributed by atoms with van der Waals surface area (Å²) >= 11 is 0. The summed E-state index contributed by atoms with van der Waals surface area (Å²) in [6.45, 7) is 5.25. The summed E-state index contributed by atoms with van der Waals surface area (Å²) in [7, 11) is 0. The SMILES string of the molecule is Cc1ccc(NC(=O)CN2CC(C)(O)C2)cc1. The molecule has 17 heavy (non-hydrogen) atoms. The normalized spacial score (nSPS) is 18.5. The van der Waals surface area contributed by atoms with Gasteiger partial charge < -0.3 is 10.4 Å². The molecule has 0 bridgehead atoms. The van der Waals surface area contributed by atoms with Crippen LogP contribution in [0.25, 0.3) is 0 Å². The van der Waals surface area contributed by atoms with Crippen LogP contribution in [-0.2, 0) is 4.79 Å². The van der Waals surface area contributed by atoms with Gasteiger partial charge in [-0.3, -0.25) is 9.69 Å². The highest BCUT2D eigenvalue weighted by Crippen LogP contribution is 2.19. The Hall–Kier alpha value is -1.39. The minimum absolute atomic E-state index is 0.0376. The number of benzene rings is 1. The Labute approximate surface area is 101 Å². The van der Waals surface area contributed by atoms with Crippen molar-refractivity contribution < 1.29 is 9.90 Å². The number of hydrogen-bond acceptors (Lipinski definition) is 3. The number of anilines is 1. The van der Waals surface area contributed by atoms with E-state index in [0.717, 1.165) is 5.69 Å². The molecule has 4 heteroatoms. The lowest BCUT2D eigenvalue weighted by Crippen LogP contribution is -2.61. The first-order valence-corrected chi connectivity index (χ1v) is 5.76. The van der Waals surface area contributed by atoms with Crippen molar-refractivity contribution in [1.29, 1.82) is 0 Å². The third kappa shape index (κ3) is 3.28. The zero-order valence-corrected chi connectivity index (χ0v) is 10.2. The zero-order chi connectivity index (χ0) is 12.5. The van der Waals surface area contributed by atoms with Crippen molar-refractivity contribution >= 4 is 11.6 Å². The number of likely N-dealkylation sites (tertiary alicyclic amines) is 1. The van der Waals surface area contributed by atoms with E-state index in [-0.39, 0.29) is 5.91 Å². The monoisotopic (exact) mass is 234 g/mol. The van der Waals surface area contributed by atoms with Crippen LogP contribution in [0.1, 0.15) is 12.5 Å². The molecule has 0 spiro atoms. The van der Waals surface area contributed by atoms with Crippen LogP contribution in [0.2, 0.25) is 0 Å². The number of amides is 1. The number of carbonyl (C=O) groups is 1. The van der Waals surface area contributed by atoms with Crippen LogP contribution in [0.3, 0.4) is 0 Å². The summed E-state index contributed by atoms with van der Waals surface area (Å²) in [5.74, 6) is -0.0376. The van der Waals surface area contributed by atoms with Crippen LogP contribution >= 0.6 is 0 Å². The first-order valence-electron chi connectivity index (χ1n) is 5.76. The Balaban J connectivity index is 1.80. The molecular weight excluding hydrogens is 216 g/mol. The molecule has 2 N–H and O–H groups in total. The maximum absolute atomic E-state index is 11.7. The molecule has 1 fully saturated rings. The minimum Gasteiger partial charge on any atom is -0.388 e. The van der Waals surface area contributed by atoms with Gasteiger partial charge in [0.1, 0.15) is 0 Å². The highest BCUT2D eigenvalue weighted by Gasteiger charge is 2.36. The zero-order valence-electron chi connectivity index (χ0n) is 10.2. The van der Waals surface area contributed by atoms with Gasteiger partial charge in [0.2, 0.25) is 5.91 Å². The molecule has 0 unspecified atom stereocenters. The van der Waals surface area contributed by atoms with Crippen molar-refractivity contribution in [2.45, 2.75) is 19.4 Å². The molecule has 0 aliphatic carbocycles. The third-order valence-electron chi connectivity index (χ3n) is 2.83. The minimum atomic E-state index is -0.621. The number of hydrogen-bond donors (Lipinski definition) is 2. The topological polar surface area (TPSA) is 52.6 Å². The van der Waals surface area contributed by atoms with E-state index in [1.807, 2.05) is 36.1 Å². The molecule has 1 saturated heterocycles. The van der Waals surface area contributed by atoms with Gasteiger partial charge >= 0.3 is 0 Å². The number of carbonyl (C=O) groups excluding carboxylic acids is 1. The van der Waals surface area contributed by atoms with Crippen molar-refractivity contribution in [2.24, 2.45) is 0 Å². The number of β-amino-alcohol motifs (C(OH)–C–C–N with tert-alkyl or cyclic N) is 1. The Morgan fingerprint density at radius 2 is 2.00 bits per heavy atom. The van der Waals surface area contributed by atoms with E-state index in [1.165, 1.54) is 5.56 Å². The molecule has 2 rings (SSSR count). The maximum Gasteiger partial charge on any atom is 0.238 e. The summed E-state index contributed by atoms with van der Waals surface area (Å²) in [6.07, 6.45) is 0. The van der Waals surface area contributed by atoms with Crippen molar-refractivity contribution in [3.05, 3.63) is 29.8 Å². The lowest BCUT2D eigenvalue weighted by atomic mass is 9.97. The lowest BCUT2D eigenvalue weighted by Gasteiger charge is -2.43. The van der Waals surface area contributed by atoms with E-state index in [2.05, 4.69) is 5.32 Å². The van der Waals surface area contributed by atoms with E-state index in [4.69, 9.17) is 0 Å². The number of aryl methyl sites for hydroxylation is 1. The number of nitrogens with one attached hydrogen (secondary N) is 1. The van der Waals surface area contributed by atoms with Crippen LogP contribution in [0, 0.1) is 6.92 Å². The molecule has 0 atom stereocenters. The van der Waals surface area contributed by atoms with Crippen LogP contribution in [0.4, 0.5) is 5.69 Å². The summed E-state index contributed by atoms with van der Waals surface area (Å²) < 4.78 is 0. The van der Waals surface area contributed by atoms with Crippen LogP contribution in [0.5, 0.6) is 0 Å². The molecule has 1 aliphatic heterocycles. The van der Waals surface area contributed by atoms with Crippen LogP contribution < -0.4 is 5.32 Å². The molecule has 0 saturated carbocycles. The molecule has 0 aromatic heterocycles. The van der Waals surface area contributed by atoms with Crippen molar-refractivity contribution in [3.8, 4) is 0 Å². The van der Waals surface area contributed by atoms with Gasteiger partial charge in [-0.25, -0.2) is 0 Å². The first-order chi connectivity index (χ1) is 7.94. The van der Waals surface area contributed by atoms with E-state index in [0.29, 0.717) is 19.6 Å². The predicted molar refractivity (Wildman–Crippen MR) is 66.9 cm³/mol. The average molecular weight is 234 g/mol. The van der Waals surface area contributed by atoms with E-state index >= 15 is 0 Å². The quantitative estimate of drug-likeness (QED) is 0.820. The Morgan fingerprint density at radius 3 is 2.53 bits per heavy atom. The second kappa shape index (κ2) is 4.47. The fourth-order valence-electron chi connectivity index (χ4n) is 2.07.